The van der Waals surface area contributed by atoms with Crippen molar-refractivity contribution in [3.05, 3.63) is 76.8 Å². The molecule has 0 saturated carbocycles. The van der Waals surface area contributed by atoms with Gasteiger partial charge in [0.25, 0.3) is 5.91 Å². The van der Waals surface area contributed by atoms with Crippen LogP contribution in [0.5, 0.6) is 5.75 Å². The molecule has 2 N–H and O–H groups in total. The third kappa shape index (κ3) is 4.34. The van der Waals surface area contributed by atoms with Gasteiger partial charge in [0, 0.05) is 16.8 Å². The minimum Gasteiger partial charge on any atom is -0.496 e. The van der Waals surface area contributed by atoms with Crippen molar-refractivity contribution in [3.63, 3.8) is 0 Å². The normalized spacial score (nSPS) is 10.6. The number of carbonyl (C=O) groups is 1. The Balaban J connectivity index is 1.41. The second kappa shape index (κ2) is 8.64. The first kappa shape index (κ1) is 20.1. The topological polar surface area (TPSA) is 76.4 Å². The van der Waals surface area contributed by atoms with Crippen LogP contribution >= 0.6 is 28.1 Å². The number of anilines is 1. The van der Waals surface area contributed by atoms with Gasteiger partial charge in [-0.1, -0.05) is 12.1 Å². The molecule has 4 aromatic rings. The van der Waals surface area contributed by atoms with Crippen LogP contribution in [0.2, 0.25) is 0 Å². The molecule has 0 spiro atoms. The second-order valence-corrected chi connectivity index (χ2v) is 7.58. The highest BCUT2D eigenvalue weighted by atomic mass is 79.9. The van der Waals surface area contributed by atoms with Crippen LogP contribution in [0, 0.1) is 0 Å². The van der Waals surface area contributed by atoms with Gasteiger partial charge in [-0.15, -0.1) is 0 Å². The molecule has 0 fully saturated rings. The molecule has 0 radical (unpaired) electrons. The van der Waals surface area contributed by atoms with E-state index < -0.39 is 0 Å². The maximum Gasteiger partial charge on any atom is 0.257 e. The van der Waals surface area contributed by atoms with Gasteiger partial charge in [-0.25, -0.2) is 4.98 Å². The highest BCUT2D eigenvalue weighted by Crippen LogP contribution is 2.26. The first-order chi connectivity index (χ1) is 14.5. The minimum atomic E-state index is -0.320. The summed E-state index contributed by atoms with van der Waals surface area (Å²) in [7, 11) is 1.56. The number of nitrogens with zero attached hydrogens (tertiary/aromatic N) is 1. The van der Waals surface area contributed by atoms with Gasteiger partial charge in [-0.3, -0.25) is 10.1 Å². The lowest BCUT2D eigenvalue weighted by Gasteiger charge is -2.11. The molecule has 0 atom stereocenters. The highest BCUT2D eigenvalue weighted by Gasteiger charge is 2.11. The van der Waals surface area contributed by atoms with Crippen molar-refractivity contribution in [2.24, 2.45) is 0 Å². The number of fused-ring (bicyclic) bond motifs is 1. The Hall–Kier alpha value is -3.23. The van der Waals surface area contributed by atoms with Crippen molar-refractivity contribution in [2.45, 2.75) is 0 Å². The summed E-state index contributed by atoms with van der Waals surface area (Å²) in [5.41, 5.74) is 3.58. The fourth-order valence-corrected chi connectivity index (χ4v) is 3.59. The van der Waals surface area contributed by atoms with Crippen molar-refractivity contribution in [2.75, 3.05) is 12.4 Å². The molecule has 30 heavy (non-hydrogen) atoms. The Labute approximate surface area is 186 Å². The Kier molecular flexibility index (Phi) is 5.78. The van der Waals surface area contributed by atoms with Crippen LogP contribution in [-0.4, -0.2) is 23.1 Å². The predicted molar refractivity (Wildman–Crippen MR) is 124 cm³/mol. The third-order valence-corrected chi connectivity index (χ3v) is 5.15. The summed E-state index contributed by atoms with van der Waals surface area (Å²) < 4.78 is 11.6. The number of para-hydroxylation sites is 2. The van der Waals surface area contributed by atoms with Crippen molar-refractivity contribution >= 4 is 56.0 Å². The van der Waals surface area contributed by atoms with E-state index >= 15 is 0 Å². The standard InChI is InChI=1S/C22H16BrN3O3S/c1-28-18-11-8-14(12-16(18)23)20(27)26-22(30)24-15-9-6-13(7-10-15)21-25-17-4-2-3-5-19(17)29-21/h2-12H,1H3,(H2,24,26,27,30). The predicted octanol–water partition coefficient (Wildman–Crippen LogP) is 5.39. The van der Waals surface area contributed by atoms with Crippen LogP contribution in [0.1, 0.15) is 10.4 Å². The SMILES string of the molecule is COc1ccc(C(=O)NC(=S)Nc2ccc(-c3nc4ccccc4o3)cc2)cc1Br. The molecule has 0 aliphatic rings. The van der Waals surface area contributed by atoms with E-state index in [1.54, 1.807) is 25.3 Å². The average Bonchev–Trinajstić information content (AvgIpc) is 3.18. The number of benzene rings is 3. The quantitative estimate of drug-likeness (QED) is 0.380. The first-order valence-electron chi connectivity index (χ1n) is 8.95. The van der Waals surface area contributed by atoms with E-state index in [1.807, 2.05) is 48.5 Å². The second-order valence-electron chi connectivity index (χ2n) is 6.32. The maximum absolute atomic E-state index is 12.4. The summed E-state index contributed by atoms with van der Waals surface area (Å²) >= 11 is 8.62. The van der Waals surface area contributed by atoms with E-state index in [0.29, 0.717) is 21.7 Å². The van der Waals surface area contributed by atoms with Crippen molar-refractivity contribution in [3.8, 4) is 17.2 Å². The molecule has 3 aromatic carbocycles. The van der Waals surface area contributed by atoms with Gasteiger partial charge >= 0.3 is 0 Å². The fourth-order valence-electron chi connectivity index (χ4n) is 2.84. The molecule has 0 aliphatic carbocycles. The van der Waals surface area contributed by atoms with Gasteiger partial charge in [0.15, 0.2) is 10.7 Å². The number of aromatic nitrogens is 1. The fraction of sp³-hybridized carbons (Fsp3) is 0.0455. The number of ether oxygens (including phenoxy) is 1. The summed E-state index contributed by atoms with van der Waals surface area (Å²) in [5, 5.41) is 5.86. The number of nitrogens with one attached hydrogen (secondary N) is 2. The lowest BCUT2D eigenvalue weighted by Crippen LogP contribution is -2.34. The van der Waals surface area contributed by atoms with E-state index in [9.17, 15) is 4.79 Å². The molecule has 6 nitrogen and oxygen atoms in total. The van der Waals surface area contributed by atoms with Crippen LogP contribution in [-0.2, 0) is 0 Å². The molecule has 8 heteroatoms. The van der Waals surface area contributed by atoms with Gasteiger partial charge in [0.05, 0.1) is 11.6 Å². The van der Waals surface area contributed by atoms with Crippen LogP contribution in [0.4, 0.5) is 5.69 Å². The van der Waals surface area contributed by atoms with Crippen LogP contribution in [0.25, 0.3) is 22.6 Å². The van der Waals surface area contributed by atoms with Crippen molar-refractivity contribution in [1.29, 1.82) is 0 Å². The molecule has 0 saturated heterocycles. The van der Waals surface area contributed by atoms with Crippen LogP contribution in [0.3, 0.4) is 0 Å². The molecular formula is C22H16BrN3O3S. The van der Waals surface area contributed by atoms with Gasteiger partial charge in [-0.05, 0) is 82.7 Å². The third-order valence-electron chi connectivity index (χ3n) is 4.32. The zero-order chi connectivity index (χ0) is 21.1. The number of hydrogen-bond acceptors (Lipinski definition) is 5. The summed E-state index contributed by atoms with van der Waals surface area (Å²) in [6.07, 6.45) is 0. The lowest BCUT2D eigenvalue weighted by molar-refractivity contribution is 0.0977. The Morgan fingerprint density at radius 1 is 1.10 bits per heavy atom. The highest BCUT2D eigenvalue weighted by molar-refractivity contribution is 9.10. The smallest absolute Gasteiger partial charge is 0.257 e. The van der Waals surface area contributed by atoms with Gasteiger partial charge in [0.1, 0.15) is 11.3 Å². The summed E-state index contributed by atoms with van der Waals surface area (Å²) in [5.74, 6) is 0.869. The van der Waals surface area contributed by atoms with Crippen molar-refractivity contribution < 1.29 is 13.9 Å². The van der Waals surface area contributed by atoms with Gasteiger partial charge in [0.2, 0.25) is 5.89 Å². The lowest BCUT2D eigenvalue weighted by atomic mass is 10.2. The number of thiocarbonyl (C=S) groups is 1. The number of rotatable bonds is 4. The zero-order valence-corrected chi connectivity index (χ0v) is 18.2. The van der Waals surface area contributed by atoms with Crippen molar-refractivity contribution in [1.82, 2.24) is 10.3 Å². The number of carbonyl (C=O) groups excluding carboxylic acids is 1. The van der Waals surface area contributed by atoms with E-state index in [1.165, 1.54) is 0 Å². The average molecular weight is 482 g/mol. The van der Waals surface area contributed by atoms with Gasteiger partial charge < -0.3 is 14.5 Å². The van der Waals surface area contributed by atoms with E-state index in [0.717, 1.165) is 22.4 Å². The Morgan fingerprint density at radius 3 is 2.57 bits per heavy atom. The molecule has 150 valence electrons. The molecule has 1 heterocycles. The number of oxazole rings is 1. The number of hydrogen-bond donors (Lipinski definition) is 2. The van der Waals surface area contributed by atoms with E-state index in [2.05, 4.69) is 31.5 Å². The van der Waals surface area contributed by atoms with Crippen LogP contribution < -0.4 is 15.4 Å². The minimum absolute atomic E-state index is 0.196. The number of halogens is 1. The summed E-state index contributed by atoms with van der Waals surface area (Å²) in [6, 6.07) is 20.1. The van der Waals surface area contributed by atoms with E-state index in [4.69, 9.17) is 21.4 Å². The maximum atomic E-state index is 12.4. The Bertz CT molecular complexity index is 1210. The van der Waals surface area contributed by atoms with Gasteiger partial charge in [-0.2, -0.15) is 0 Å². The number of methoxy groups -OCH3 is 1. The molecular weight excluding hydrogens is 466 g/mol. The summed E-state index contributed by atoms with van der Waals surface area (Å²) in [4.78, 5) is 16.9. The largest absolute Gasteiger partial charge is 0.496 e. The van der Waals surface area contributed by atoms with E-state index in [-0.39, 0.29) is 11.0 Å². The van der Waals surface area contributed by atoms with Crippen LogP contribution in [0.15, 0.2) is 75.6 Å². The molecule has 0 unspecified atom stereocenters. The molecule has 1 aromatic heterocycles. The Morgan fingerprint density at radius 2 is 1.87 bits per heavy atom. The first-order valence-corrected chi connectivity index (χ1v) is 10.2. The summed E-state index contributed by atoms with van der Waals surface area (Å²) in [6.45, 7) is 0. The zero-order valence-electron chi connectivity index (χ0n) is 15.8. The molecule has 1 amide bonds. The molecule has 0 bridgehead atoms. The number of amides is 1. The molecule has 4 rings (SSSR count). The monoisotopic (exact) mass is 481 g/mol. The molecule has 0 aliphatic heterocycles.